The Labute approximate surface area is 156 Å². The van der Waals surface area contributed by atoms with Gasteiger partial charge in [-0.1, -0.05) is 31.2 Å². The van der Waals surface area contributed by atoms with Gasteiger partial charge in [0.15, 0.2) is 0 Å². The average molecular weight is 366 g/mol. The summed E-state index contributed by atoms with van der Waals surface area (Å²) in [6, 6.07) is 16.1. The second-order valence-electron chi connectivity index (χ2n) is 5.87. The average Bonchev–Trinajstić information content (AvgIpc) is 3.18. The molecule has 1 amide bonds. The fourth-order valence-corrected chi connectivity index (χ4v) is 3.89. The topological polar surface area (TPSA) is 70.4 Å². The summed E-state index contributed by atoms with van der Waals surface area (Å²) in [4.78, 5) is 25.9. The molecule has 1 saturated heterocycles. The maximum Gasteiger partial charge on any atom is 0.335 e. The number of hydrogen-bond donors (Lipinski definition) is 0. The smallest absolute Gasteiger partial charge is 0.335 e. The van der Waals surface area contributed by atoms with Crippen molar-refractivity contribution in [2.24, 2.45) is 0 Å². The SMILES string of the molecule is CCC(=O)N1CSCC1C(=O)Oc1ccc(-c2ccc(C#N)cc2)cc1. The lowest BCUT2D eigenvalue weighted by atomic mass is 10.0. The first kappa shape index (κ1) is 18.0. The largest absolute Gasteiger partial charge is 0.425 e. The van der Waals surface area contributed by atoms with Gasteiger partial charge in [-0.2, -0.15) is 5.26 Å². The summed E-state index contributed by atoms with van der Waals surface area (Å²) in [7, 11) is 0. The molecular formula is C20H18N2O3S. The molecule has 1 aliphatic heterocycles. The molecule has 1 heterocycles. The van der Waals surface area contributed by atoms with E-state index in [9.17, 15) is 9.59 Å². The Morgan fingerprint density at radius 2 is 1.77 bits per heavy atom. The zero-order chi connectivity index (χ0) is 18.5. The van der Waals surface area contributed by atoms with Crippen LogP contribution in [-0.2, 0) is 9.59 Å². The van der Waals surface area contributed by atoms with Gasteiger partial charge in [-0.3, -0.25) is 4.79 Å². The Balaban J connectivity index is 1.68. The summed E-state index contributed by atoms with van der Waals surface area (Å²) >= 11 is 1.56. The lowest BCUT2D eigenvalue weighted by molar-refractivity contribution is -0.145. The number of carbonyl (C=O) groups excluding carboxylic acids is 2. The molecule has 0 spiro atoms. The highest BCUT2D eigenvalue weighted by Gasteiger charge is 2.35. The minimum absolute atomic E-state index is 0.0342. The van der Waals surface area contributed by atoms with Crippen molar-refractivity contribution in [3.8, 4) is 22.9 Å². The van der Waals surface area contributed by atoms with Crippen molar-refractivity contribution in [1.82, 2.24) is 4.90 Å². The van der Waals surface area contributed by atoms with Crippen LogP contribution in [0.2, 0.25) is 0 Å². The standard InChI is InChI=1S/C20H18N2O3S/c1-2-19(23)22-13-26-12-18(22)20(24)25-17-9-7-16(8-10-17)15-5-3-14(11-21)4-6-15/h3-10,18H,2,12-13H2,1H3. The predicted molar refractivity (Wildman–Crippen MR) is 100 cm³/mol. The van der Waals surface area contributed by atoms with E-state index in [1.54, 1.807) is 47.9 Å². The molecule has 1 fully saturated rings. The Hall–Kier alpha value is -2.78. The van der Waals surface area contributed by atoms with Gasteiger partial charge < -0.3 is 9.64 Å². The van der Waals surface area contributed by atoms with E-state index in [0.717, 1.165) is 11.1 Å². The molecule has 6 heteroatoms. The van der Waals surface area contributed by atoms with Crippen LogP contribution in [0.1, 0.15) is 18.9 Å². The number of amides is 1. The van der Waals surface area contributed by atoms with Gasteiger partial charge in [-0.15, -0.1) is 11.8 Å². The molecule has 5 nitrogen and oxygen atoms in total. The Kier molecular flexibility index (Phi) is 5.59. The number of carbonyl (C=O) groups is 2. The monoisotopic (exact) mass is 366 g/mol. The quantitative estimate of drug-likeness (QED) is 0.612. The van der Waals surface area contributed by atoms with E-state index in [1.807, 2.05) is 24.3 Å². The van der Waals surface area contributed by atoms with Crippen molar-refractivity contribution in [3.05, 3.63) is 54.1 Å². The van der Waals surface area contributed by atoms with Crippen molar-refractivity contribution in [3.63, 3.8) is 0 Å². The second-order valence-corrected chi connectivity index (χ2v) is 6.87. The van der Waals surface area contributed by atoms with Crippen molar-refractivity contribution in [1.29, 1.82) is 5.26 Å². The molecular weight excluding hydrogens is 348 g/mol. The molecule has 2 aromatic carbocycles. The molecule has 1 atom stereocenters. The molecule has 0 aromatic heterocycles. The first-order valence-electron chi connectivity index (χ1n) is 8.32. The summed E-state index contributed by atoms with van der Waals surface area (Å²) in [6.45, 7) is 1.79. The number of ether oxygens (including phenoxy) is 1. The van der Waals surface area contributed by atoms with Crippen molar-refractivity contribution in [2.45, 2.75) is 19.4 Å². The third-order valence-corrected chi connectivity index (χ3v) is 5.21. The number of benzene rings is 2. The minimum atomic E-state index is -0.523. The third-order valence-electron chi connectivity index (χ3n) is 4.20. The van der Waals surface area contributed by atoms with Gasteiger partial charge in [0.1, 0.15) is 11.8 Å². The number of nitrogens with zero attached hydrogens (tertiary/aromatic N) is 2. The highest BCUT2D eigenvalue weighted by molar-refractivity contribution is 7.99. The van der Waals surface area contributed by atoms with Crippen LogP contribution >= 0.6 is 11.8 Å². The maximum atomic E-state index is 12.4. The predicted octanol–water partition coefficient (Wildman–Crippen LogP) is 3.44. The zero-order valence-electron chi connectivity index (χ0n) is 14.3. The van der Waals surface area contributed by atoms with Gasteiger partial charge >= 0.3 is 5.97 Å². The van der Waals surface area contributed by atoms with Crippen LogP contribution in [0, 0.1) is 11.3 Å². The van der Waals surface area contributed by atoms with Gasteiger partial charge in [0.05, 0.1) is 17.5 Å². The van der Waals surface area contributed by atoms with E-state index >= 15 is 0 Å². The fraction of sp³-hybridized carbons (Fsp3) is 0.250. The van der Waals surface area contributed by atoms with Crippen LogP contribution in [0.5, 0.6) is 5.75 Å². The molecule has 0 saturated carbocycles. The summed E-state index contributed by atoms with van der Waals surface area (Å²) in [5.74, 6) is 1.11. The summed E-state index contributed by atoms with van der Waals surface area (Å²) in [6.07, 6.45) is 0.379. The van der Waals surface area contributed by atoms with Gasteiger partial charge in [-0.05, 0) is 35.4 Å². The number of nitriles is 1. The Morgan fingerprint density at radius 1 is 1.15 bits per heavy atom. The van der Waals surface area contributed by atoms with Gasteiger partial charge in [0.2, 0.25) is 5.91 Å². The molecule has 26 heavy (non-hydrogen) atoms. The normalized spacial score (nSPS) is 16.2. The van der Waals surface area contributed by atoms with Crippen molar-refractivity contribution >= 4 is 23.6 Å². The lowest BCUT2D eigenvalue weighted by Crippen LogP contribution is -2.43. The molecule has 0 bridgehead atoms. The molecule has 1 unspecified atom stereocenters. The van der Waals surface area contributed by atoms with E-state index in [1.165, 1.54) is 0 Å². The number of thioether (sulfide) groups is 1. The highest BCUT2D eigenvalue weighted by atomic mass is 32.2. The molecule has 1 aliphatic rings. The fourth-order valence-electron chi connectivity index (χ4n) is 2.72. The molecule has 0 radical (unpaired) electrons. The number of rotatable bonds is 4. The Bertz CT molecular complexity index is 841. The van der Waals surface area contributed by atoms with Gasteiger partial charge in [0.25, 0.3) is 0 Å². The number of esters is 1. The van der Waals surface area contributed by atoms with E-state index in [0.29, 0.717) is 29.4 Å². The van der Waals surface area contributed by atoms with Crippen LogP contribution in [0.25, 0.3) is 11.1 Å². The summed E-state index contributed by atoms with van der Waals surface area (Å²) in [5, 5.41) is 8.85. The lowest BCUT2D eigenvalue weighted by Gasteiger charge is -2.21. The van der Waals surface area contributed by atoms with Crippen LogP contribution in [-0.4, -0.2) is 34.4 Å². The summed E-state index contributed by atoms with van der Waals surface area (Å²) in [5.41, 5.74) is 2.56. The molecule has 3 rings (SSSR count). The van der Waals surface area contributed by atoms with Crippen molar-refractivity contribution in [2.75, 3.05) is 11.6 Å². The maximum absolute atomic E-state index is 12.4. The van der Waals surface area contributed by atoms with E-state index in [-0.39, 0.29) is 5.91 Å². The van der Waals surface area contributed by atoms with Gasteiger partial charge in [-0.25, -0.2) is 4.79 Å². The molecule has 0 N–H and O–H groups in total. The van der Waals surface area contributed by atoms with Crippen LogP contribution in [0.4, 0.5) is 0 Å². The minimum Gasteiger partial charge on any atom is -0.425 e. The summed E-state index contributed by atoms with van der Waals surface area (Å²) < 4.78 is 5.46. The van der Waals surface area contributed by atoms with Crippen LogP contribution in [0.3, 0.4) is 0 Å². The van der Waals surface area contributed by atoms with Crippen LogP contribution in [0.15, 0.2) is 48.5 Å². The van der Waals surface area contributed by atoms with Crippen LogP contribution < -0.4 is 4.74 Å². The third kappa shape index (κ3) is 3.89. The molecule has 132 valence electrons. The molecule has 0 aliphatic carbocycles. The first-order chi connectivity index (χ1) is 12.6. The van der Waals surface area contributed by atoms with Crippen molar-refractivity contribution < 1.29 is 14.3 Å². The Morgan fingerprint density at radius 3 is 2.35 bits per heavy atom. The van der Waals surface area contributed by atoms with E-state index in [4.69, 9.17) is 10.00 Å². The van der Waals surface area contributed by atoms with E-state index < -0.39 is 12.0 Å². The number of hydrogen-bond acceptors (Lipinski definition) is 5. The molecule has 2 aromatic rings. The zero-order valence-corrected chi connectivity index (χ0v) is 15.2. The highest BCUT2D eigenvalue weighted by Crippen LogP contribution is 2.26. The van der Waals surface area contributed by atoms with E-state index in [2.05, 4.69) is 6.07 Å². The second kappa shape index (κ2) is 8.07. The first-order valence-corrected chi connectivity index (χ1v) is 9.47. The van der Waals surface area contributed by atoms with Gasteiger partial charge in [0, 0.05) is 12.2 Å².